The fraction of sp³-hybridized carbons (Fsp3) is 1.00. The van der Waals surface area contributed by atoms with Gasteiger partial charge in [-0.15, -0.1) is 0 Å². The molecule has 1 heterocycles. The predicted octanol–water partition coefficient (Wildman–Crippen LogP) is -1.10. The Kier molecular flexibility index (Phi) is 2.74. The third-order valence-corrected chi connectivity index (χ3v) is 2.11. The first kappa shape index (κ1) is 11.6. The molecular weight excluding hydrogens is 210 g/mol. The second-order valence-electron chi connectivity index (χ2n) is 3.05. The monoisotopic (exact) mass is 219 g/mol. The molecule has 84 valence electrons. The van der Waals surface area contributed by atoms with Gasteiger partial charge in [-0.25, -0.2) is 0 Å². The summed E-state index contributed by atoms with van der Waals surface area (Å²) < 4.78 is 50.8. The van der Waals surface area contributed by atoms with Crippen LogP contribution in [0.1, 0.15) is 0 Å². The maximum absolute atomic E-state index is 12.8. The van der Waals surface area contributed by atoms with Crippen molar-refractivity contribution in [3.8, 4) is 0 Å². The lowest BCUT2D eigenvalue weighted by atomic mass is 9.93. The molecule has 0 aromatic rings. The van der Waals surface area contributed by atoms with Gasteiger partial charge in [-0.2, -0.15) is 17.6 Å². The van der Waals surface area contributed by atoms with Gasteiger partial charge >= 0.3 is 11.8 Å². The zero-order valence-corrected chi connectivity index (χ0v) is 6.79. The average molecular weight is 219 g/mol. The molecule has 8 heteroatoms. The summed E-state index contributed by atoms with van der Waals surface area (Å²) in [5, 5.41) is 27.5. The van der Waals surface area contributed by atoms with Crippen LogP contribution in [0.2, 0.25) is 0 Å². The fourth-order valence-corrected chi connectivity index (χ4v) is 1.18. The highest BCUT2D eigenvalue weighted by atomic mass is 19.3. The van der Waals surface area contributed by atoms with Crippen LogP contribution in [0.15, 0.2) is 0 Å². The molecule has 4 nitrogen and oxygen atoms in total. The molecule has 0 spiro atoms. The molecule has 0 radical (unpaired) electrons. The standard InChI is InChI=1S/C6H9F4NO3/c7-5(8)3(13)2(1-12)11-4(14)6(5,9)10/h2-4,11-14H,1H2/t2-,3-,4?/m0/s1. The van der Waals surface area contributed by atoms with E-state index in [2.05, 4.69) is 0 Å². The Labute approximate surface area is 76.2 Å². The van der Waals surface area contributed by atoms with Crippen molar-refractivity contribution in [3.63, 3.8) is 0 Å². The number of alkyl halides is 4. The zero-order chi connectivity index (χ0) is 11.1. The highest BCUT2D eigenvalue weighted by molar-refractivity contribution is 5.04. The first-order chi connectivity index (χ1) is 6.25. The fourth-order valence-electron chi connectivity index (χ4n) is 1.18. The molecule has 0 aromatic carbocycles. The summed E-state index contributed by atoms with van der Waals surface area (Å²) in [5.41, 5.74) is 0. The zero-order valence-electron chi connectivity index (χ0n) is 6.79. The van der Waals surface area contributed by atoms with Crippen molar-refractivity contribution in [2.45, 2.75) is 30.2 Å². The van der Waals surface area contributed by atoms with Crippen LogP contribution in [0.5, 0.6) is 0 Å². The maximum atomic E-state index is 12.8. The minimum Gasteiger partial charge on any atom is -0.395 e. The van der Waals surface area contributed by atoms with Crippen LogP contribution in [0.25, 0.3) is 0 Å². The number of halogens is 4. The van der Waals surface area contributed by atoms with E-state index in [0.29, 0.717) is 0 Å². The predicted molar refractivity (Wildman–Crippen MR) is 35.9 cm³/mol. The highest BCUT2D eigenvalue weighted by Gasteiger charge is 2.69. The summed E-state index contributed by atoms with van der Waals surface area (Å²) in [7, 11) is 0. The molecule has 3 atom stereocenters. The summed E-state index contributed by atoms with van der Waals surface area (Å²) >= 11 is 0. The van der Waals surface area contributed by atoms with Gasteiger partial charge < -0.3 is 15.3 Å². The molecule has 0 bridgehead atoms. The van der Waals surface area contributed by atoms with Crippen molar-refractivity contribution < 1.29 is 32.9 Å². The molecule has 1 unspecified atom stereocenters. The van der Waals surface area contributed by atoms with Crippen LogP contribution in [0.4, 0.5) is 17.6 Å². The van der Waals surface area contributed by atoms with Crippen LogP contribution in [-0.4, -0.2) is 52.1 Å². The molecular formula is C6H9F4NO3. The van der Waals surface area contributed by atoms with E-state index in [1.807, 2.05) is 0 Å². The lowest BCUT2D eigenvalue weighted by Gasteiger charge is -2.42. The summed E-state index contributed by atoms with van der Waals surface area (Å²) in [4.78, 5) is 0. The number of aliphatic hydroxyl groups excluding tert-OH is 3. The van der Waals surface area contributed by atoms with Crippen molar-refractivity contribution >= 4 is 0 Å². The molecule has 4 N–H and O–H groups in total. The highest BCUT2D eigenvalue weighted by Crippen LogP contribution is 2.42. The smallest absolute Gasteiger partial charge is 0.351 e. The molecule has 1 saturated heterocycles. The number of piperidine rings is 1. The first-order valence-electron chi connectivity index (χ1n) is 3.73. The Balaban J connectivity index is 2.98. The van der Waals surface area contributed by atoms with E-state index in [-0.39, 0.29) is 0 Å². The minimum atomic E-state index is -4.77. The van der Waals surface area contributed by atoms with Crippen LogP contribution in [-0.2, 0) is 0 Å². The molecule has 1 aliphatic heterocycles. The molecule has 0 aliphatic carbocycles. The SMILES string of the molecule is OC[C@@H]1NC(O)C(F)(F)C(F)(F)[C@H]1O. The quantitative estimate of drug-likeness (QED) is 0.422. The summed E-state index contributed by atoms with van der Waals surface area (Å²) in [6, 6.07) is -1.68. The minimum absolute atomic E-state index is 0.982. The van der Waals surface area contributed by atoms with Gasteiger partial charge in [0, 0.05) is 0 Å². The van der Waals surface area contributed by atoms with Crippen molar-refractivity contribution in [1.29, 1.82) is 0 Å². The second-order valence-corrected chi connectivity index (χ2v) is 3.05. The van der Waals surface area contributed by atoms with Gasteiger partial charge in [-0.3, -0.25) is 5.32 Å². The van der Waals surface area contributed by atoms with Gasteiger partial charge in [0.1, 0.15) is 6.10 Å². The van der Waals surface area contributed by atoms with Crippen molar-refractivity contribution in [1.82, 2.24) is 5.32 Å². The molecule has 0 saturated carbocycles. The van der Waals surface area contributed by atoms with E-state index >= 15 is 0 Å². The number of rotatable bonds is 1. The summed E-state index contributed by atoms with van der Waals surface area (Å²) in [6.07, 6.45) is -5.54. The van der Waals surface area contributed by atoms with Crippen LogP contribution >= 0.6 is 0 Å². The van der Waals surface area contributed by atoms with E-state index in [1.165, 1.54) is 0 Å². The molecule has 14 heavy (non-hydrogen) atoms. The van der Waals surface area contributed by atoms with Gasteiger partial charge in [-0.05, 0) is 0 Å². The van der Waals surface area contributed by atoms with E-state index in [1.54, 1.807) is 5.32 Å². The number of hydrogen-bond acceptors (Lipinski definition) is 4. The molecule has 1 rings (SSSR count). The van der Waals surface area contributed by atoms with E-state index in [4.69, 9.17) is 15.3 Å². The van der Waals surface area contributed by atoms with Crippen molar-refractivity contribution in [2.24, 2.45) is 0 Å². The van der Waals surface area contributed by atoms with Gasteiger partial charge in [0.25, 0.3) is 0 Å². The van der Waals surface area contributed by atoms with Crippen LogP contribution in [0, 0.1) is 0 Å². The Morgan fingerprint density at radius 1 is 1.07 bits per heavy atom. The lowest BCUT2D eigenvalue weighted by Crippen LogP contribution is -2.72. The third-order valence-electron chi connectivity index (χ3n) is 2.11. The Morgan fingerprint density at radius 3 is 2.00 bits per heavy atom. The maximum Gasteiger partial charge on any atom is 0.351 e. The normalized spacial score (nSPS) is 40.9. The average Bonchev–Trinajstić information content (AvgIpc) is 2.10. The molecule has 1 fully saturated rings. The Morgan fingerprint density at radius 2 is 1.57 bits per heavy atom. The van der Waals surface area contributed by atoms with Crippen LogP contribution in [0.3, 0.4) is 0 Å². The van der Waals surface area contributed by atoms with Crippen molar-refractivity contribution in [3.05, 3.63) is 0 Å². The van der Waals surface area contributed by atoms with Crippen molar-refractivity contribution in [2.75, 3.05) is 6.61 Å². The second kappa shape index (κ2) is 3.30. The van der Waals surface area contributed by atoms with E-state index in [9.17, 15) is 17.6 Å². The van der Waals surface area contributed by atoms with Crippen LogP contribution < -0.4 is 5.32 Å². The number of aliphatic hydroxyl groups is 3. The van der Waals surface area contributed by atoms with Gasteiger partial charge in [0.05, 0.1) is 12.6 Å². The first-order valence-corrected chi connectivity index (χ1v) is 3.73. The number of hydrogen-bond donors (Lipinski definition) is 4. The number of nitrogens with one attached hydrogen (secondary N) is 1. The summed E-state index contributed by atoms with van der Waals surface area (Å²) in [6.45, 7) is -0.982. The van der Waals surface area contributed by atoms with Gasteiger partial charge in [0.2, 0.25) is 0 Å². The Hall–Kier alpha value is -0.440. The molecule has 1 aliphatic rings. The van der Waals surface area contributed by atoms with E-state index < -0.39 is 36.8 Å². The lowest BCUT2D eigenvalue weighted by molar-refractivity contribution is -0.320. The topological polar surface area (TPSA) is 72.7 Å². The Bertz CT molecular complexity index is 225. The van der Waals surface area contributed by atoms with E-state index in [0.717, 1.165) is 0 Å². The van der Waals surface area contributed by atoms with Gasteiger partial charge in [-0.1, -0.05) is 0 Å². The van der Waals surface area contributed by atoms with Gasteiger partial charge in [0.15, 0.2) is 6.23 Å². The molecule has 0 aromatic heterocycles. The largest absolute Gasteiger partial charge is 0.395 e. The molecule has 0 amide bonds. The third kappa shape index (κ3) is 1.38. The summed E-state index contributed by atoms with van der Waals surface area (Å²) in [5.74, 6) is -9.54.